The zero-order valence-electron chi connectivity index (χ0n) is 15.7. The Morgan fingerprint density at radius 1 is 1.18 bits per heavy atom. The van der Waals surface area contributed by atoms with E-state index >= 15 is 0 Å². The van der Waals surface area contributed by atoms with Crippen molar-refractivity contribution in [1.82, 2.24) is 10.2 Å². The highest BCUT2D eigenvalue weighted by atomic mass is 19.1. The lowest BCUT2D eigenvalue weighted by Crippen LogP contribution is -2.35. The summed E-state index contributed by atoms with van der Waals surface area (Å²) in [6.45, 7) is 2.08. The van der Waals surface area contributed by atoms with E-state index in [1.165, 1.54) is 42.0 Å². The van der Waals surface area contributed by atoms with Crippen molar-refractivity contribution < 1.29 is 4.39 Å². The Bertz CT molecular complexity index is 1160. The molecule has 5 atom stereocenters. The normalized spacial score (nSPS) is 30.0. The van der Waals surface area contributed by atoms with Gasteiger partial charge in [-0.1, -0.05) is 6.07 Å². The van der Waals surface area contributed by atoms with Gasteiger partial charge < -0.3 is 5.32 Å². The van der Waals surface area contributed by atoms with Gasteiger partial charge in [0.1, 0.15) is 11.9 Å². The van der Waals surface area contributed by atoms with Crippen molar-refractivity contribution in [3.63, 3.8) is 0 Å². The Kier molecular flexibility index (Phi) is 3.21. The average molecular weight is 372 g/mol. The standard InChI is InChI=1S/C23H21FN4/c1-11-19-18(28-27-11)7-6-17-22(19)20-12-2-3-13(8-12)21(20)23(26-17)14-4-5-16(24)15(9-14)10-25/h4-7,9,12-13,20-21,23,26H,2-3,8H2,1H3,(H,27,28)/t12?,13-,20-,21+,23-/m0/s1. The third-order valence-corrected chi connectivity index (χ3v) is 7.43. The molecule has 2 bridgehead atoms. The first-order valence-corrected chi connectivity index (χ1v) is 10.1. The summed E-state index contributed by atoms with van der Waals surface area (Å²) in [5.74, 6) is 1.91. The van der Waals surface area contributed by atoms with Crippen molar-refractivity contribution in [2.75, 3.05) is 5.32 Å². The van der Waals surface area contributed by atoms with Crippen LogP contribution in [0.25, 0.3) is 10.9 Å². The molecule has 28 heavy (non-hydrogen) atoms. The van der Waals surface area contributed by atoms with Gasteiger partial charge in [-0.3, -0.25) is 5.10 Å². The van der Waals surface area contributed by atoms with Crippen molar-refractivity contribution in [3.05, 3.63) is 58.5 Å². The molecule has 2 aliphatic carbocycles. The molecule has 3 aliphatic rings. The number of benzene rings is 2. The SMILES string of the molecule is Cc1n[nH]c2ccc3c(c12)[C@H]1C2CC[C@@H](C2)[C@H]1[C@H](c1ccc(F)c(C#N)c1)N3. The second-order valence-corrected chi connectivity index (χ2v) is 8.67. The number of nitrogens with one attached hydrogen (secondary N) is 2. The molecular weight excluding hydrogens is 351 g/mol. The number of H-pyrrole nitrogens is 1. The van der Waals surface area contributed by atoms with Gasteiger partial charge in [0.05, 0.1) is 22.8 Å². The van der Waals surface area contributed by atoms with Crippen LogP contribution in [-0.2, 0) is 0 Å². The number of hydrogen-bond donors (Lipinski definition) is 2. The molecule has 0 saturated heterocycles. The van der Waals surface area contributed by atoms with Gasteiger partial charge in [-0.15, -0.1) is 0 Å². The molecule has 1 aromatic heterocycles. The second-order valence-electron chi connectivity index (χ2n) is 8.67. The van der Waals surface area contributed by atoms with Crippen molar-refractivity contribution in [2.24, 2.45) is 17.8 Å². The first-order valence-electron chi connectivity index (χ1n) is 10.1. The van der Waals surface area contributed by atoms with Crippen molar-refractivity contribution >= 4 is 16.6 Å². The highest BCUT2D eigenvalue weighted by Crippen LogP contribution is 2.64. The molecule has 0 radical (unpaired) electrons. The number of hydrogen-bond acceptors (Lipinski definition) is 3. The van der Waals surface area contributed by atoms with E-state index in [0.29, 0.717) is 23.7 Å². The van der Waals surface area contributed by atoms with E-state index in [-0.39, 0.29) is 11.6 Å². The number of anilines is 1. The molecule has 5 heteroatoms. The lowest BCUT2D eigenvalue weighted by Gasteiger charge is -2.44. The zero-order chi connectivity index (χ0) is 19.0. The predicted octanol–water partition coefficient (Wildman–Crippen LogP) is 5.18. The summed E-state index contributed by atoms with van der Waals surface area (Å²) >= 11 is 0. The van der Waals surface area contributed by atoms with Gasteiger partial charge in [0.25, 0.3) is 0 Å². The Hall–Kier alpha value is -2.87. The van der Waals surface area contributed by atoms with Crippen LogP contribution in [-0.4, -0.2) is 10.2 Å². The molecule has 1 unspecified atom stereocenters. The smallest absolute Gasteiger partial charge is 0.140 e. The van der Waals surface area contributed by atoms with Crippen LogP contribution in [0.3, 0.4) is 0 Å². The molecule has 1 aliphatic heterocycles. The maximum atomic E-state index is 13.9. The minimum atomic E-state index is -0.442. The quantitative estimate of drug-likeness (QED) is 0.619. The Morgan fingerprint density at radius 3 is 2.89 bits per heavy atom. The fourth-order valence-electron chi connectivity index (χ4n) is 6.41. The largest absolute Gasteiger partial charge is 0.378 e. The van der Waals surface area contributed by atoms with Gasteiger partial charge in [0.15, 0.2) is 0 Å². The molecule has 140 valence electrons. The van der Waals surface area contributed by atoms with Crippen molar-refractivity contribution in [1.29, 1.82) is 5.26 Å². The fourth-order valence-corrected chi connectivity index (χ4v) is 6.41. The minimum absolute atomic E-state index is 0.116. The van der Waals surface area contributed by atoms with Gasteiger partial charge in [-0.05, 0) is 85.3 Å². The maximum Gasteiger partial charge on any atom is 0.140 e. The van der Waals surface area contributed by atoms with Crippen LogP contribution >= 0.6 is 0 Å². The van der Waals surface area contributed by atoms with E-state index in [4.69, 9.17) is 0 Å². The van der Waals surface area contributed by atoms with Gasteiger partial charge in [-0.25, -0.2) is 4.39 Å². The topological polar surface area (TPSA) is 64.5 Å². The van der Waals surface area contributed by atoms with Crippen LogP contribution in [0.1, 0.15) is 53.6 Å². The summed E-state index contributed by atoms with van der Waals surface area (Å²) < 4.78 is 13.9. The molecule has 2 fully saturated rings. The number of aromatic amines is 1. The highest BCUT2D eigenvalue weighted by Gasteiger charge is 2.54. The lowest BCUT2D eigenvalue weighted by molar-refractivity contribution is 0.249. The van der Waals surface area contributed by atoms with E-state index in [2.05, 4.69) is 34.6 Å². The summed E-state index contributed by atoms with van der Waals surface area (Å²) in [5, 5.41) is 22.0. The summed E-state index contributed by atoms with van der Waals surface area (Å²) in [6, 6.07) is 11.4. The molecule has 0 amide bonds. The fraction of sp³-hybridized carbons (Fsp3) is 0.391. The molecule has 2 heterocycles. The molecule has 2 N–H and O–H groups in total. The Morgan fingerprint density at radius 2 is 2.04 bits per heavy atom. The molecule has 0 spiro atoms. The lowest BCUT2D eigenvalue weighted by atomic mass is 9.67. The Labute approximate surface area is 162 Å². The van der Waals surface area contributed by atoms with Gasteiger partial charge >= 0.3 is 0 Å². The number of fused-ring (bicyclic) bond motifs is 9. The predicted molar refractivity (Wildman–Crippen MR) is 105 cm³/mol. The molecule has 3 aromatic rings. The van der Waals surface area contributed by atoms with Crippen molar-refractivity contribution in [2.45, 2.75) is 38.1 Å². The number of nitrogens with zero attached hydrogens (tertiary/aromatic N) is 2. The summed E-state index contributed by atoms with van der Waals surface area (Å²) in [6.07, 6.45) is 3.83. The van der Waals surface area contributed by atoms with Crippen molar-refractivity contribution in [3.8, 4) is 6.07 Å². The number of rotatable bonds is 1. The number of nitriles is 1. The Balaban J connectivity index is 1.56. The van der Waals surface area contributed by atoms with Crippen LogP contribution in [0.5, 0.6) is 0 Å². The molecule has 6 rings (SSSR count). The van der Waals surface area contributed by atoms with Crippen LogP contribution in [0.4, 0.5) is 10.1 Å². The van der Waals surface area contributed by atoms with E-state index in [0.717, 1.165) is 16.8 Å². The highest BCUT2D eigenvalue weighted by molar-refractivity contribution is 5.91. The molecule has 2 aromatic carbocycles. The number of aromatic nitrogens is 2. The van der Waals surface area contributed by atoms with E-state index in [1.54, 1.807) is 6.07 Å². The average Bonchev–Trinajstić information content (AvgIpc) is 3.43. The molecular formula is C23H21FN4. The van der Waals surface area contributed by atoms with E-state index in [9.17, 15) is 9.65 Å². The first kappa shape index (κ1) is 16.1. The van der Waals surface area contributed by atoms with Crippen LogP contribution in [0, 0.1) is 41.8 Å². The van der Waals surface area contributed by atoms with Gasteiger partial charge in [0.2, 0.25) is 0 Å². The first-order chi connectivity index (χ1) is 13.7. The minimum Gasteiger partial charge on any atom is -0.378 e. The number of halogens is 1. The van der Waals surface area contributed by atoms with E-state index < -0.39 is 5.82 Å². The van der Waals surface area contributed by atoms with Gasteiger partial charge in [-0.2, -0.15) is 10.4 Å². The summed E-state index contributed by atoms with van der Waals surface area (Å²) in [4.78, 5) is 0. The maximum absolute atomic E-state index is 13.9. The number of aryl methyl sites for hydroxylation is 1. The third kappa shape index (κ3) is 2.01. The second kappa shape index (κ2) is 5.57. The van der Waals surface area contributed by atoms with Crippen LogP contribution < -0.4 is 5.32 Å². The van der Waals surface area contributed by atoms with E-state index in [1.807, 2.05) is 12.1 Å². The monoisotopic (exact) mass is 372 g/mol. The third-order valence-electron chi connectivity index (χ3n) is 7.43. The zero-order valence-corrected chi connectivity index (χ0v) is 15.7. The van der Waals surface area contributed by atoms with Gasteiger partial charge in [0, 0.05) is 11.1 Å². The summed E-state index contributed by atoms with van der Waals surface area (Å²) in [7, 11) is 0. The summed E-state index contributed by atoms with van der Waals surface area (Å²) in [5.41, 5.74) is 5.90. The van der Waals surface area contributed by atoms with Crippen LogP contribution in [0.15, 0.2) is 30.3 Å². The molecule has 4 nitrogen and oxygen atoms in total. The molecule has 2 saturated carbocycles. The van der Waals surface area contributed by atoms with Crippen LogP contribution in [0.2, 0.25) is 0 Å².